The summed E-state index contributed by atoms with van der Waals surface area (Å²) < 4.78 is 5.06. The molecule has 0 saturated carbocycles. The molecular weight excluding hydrogens is 304 g/mol. The maximum Gasteiger partial charge on any atom is 0.331 e. The molecule has 1 N–H and O–H groups in total. The molecule has 0 aliphatic carbocycles. The van der Waals surface area contributed by atoms with Gasteiger partial charge in [0.2, 0.25) is 0 Å². The van der Waals surface area contributed by atoms with Gasteiger partial charge in [-0.05, 0) is 56.9 Å². The van der Waals surface area contributed by atoms with Gasteiger partial charge in [-0.1, -0.05) is 13.0 Å². The van der Waals surface area contributed by atoms with Crippen LogP contribution in [0.15, 0.2) is 36.4 Å². The first-order chi connectivity index (χ1) is 11.6. The fraction of sp³-hybridized carbons (Fsp3) is 0.474. The van der Waals surface area contributed by atoms with Gasteiger partial charge < -0.3 is 15.0 Å². The van der Waals surface area contributed by atoms with Crippen LogP contribution in [0, 0.1) is 0 Å². The standard InChI is InChI=1S/C19H26N2O3/c1-3-4-8-18(22)24-15(2)19(23)20-16-9-11-17(12-10-16)21-13-6-5-7-14-21/h4,8-12,15H,3,5-7,13-14H2,1-2H3,(H,20,23)/b8-4+. The number of amides is 1. The maximum atomic E-state index is 12.1. The van der Waals surface area contributed by atoms with Gasteiger partial charge in [0.1, 0.15) is 0 Å². The Balaban J connectivity index is 1.86. The smallest absolute Gasteiger partial charge is 0.331 e. The van der Waals surface area contributed by atoms with Crippen LogP contribution in [0.3, 0.4) is 0 Å². The van der Waals surface area contributed by atoms with Crippen molar-refractivity contribution in [2.45, 2.75) is 45.6 Å². The number of hydrogen-bond donors (Lipinski definition) is 1. The van der Waals surface area contributed by atoms with E-state index in [1.54, 1.807) is 13.0 Å². The van der Waals surface area contributed by atoms with Gasteiger partial charge in [-0.3, -0.25) is 4.79 Å². The molecule has 1 amide bonds. The van der Waals surface area contributed by atoms with E-state index < -0.39 is 12.1 Å². The minimum absolute atomic E-state index is 0.334. The molecule has 2 rings (SSSR count). The summed E-state index contributed by atoms with van der Waals surface area (Å²) >= 11 is 0. The average molecular weight is 330 g/mol. The molecular formula is C19H26N2O3. The Morgan fingerprint density at radius 3 is 2.50 bits per heavy atom. The molecule has 5 nitrogen and oxygen atoms in total. The number of anilines is 2. The highest BCUT2D eigenvalue weighted by molar-refractivity contribution is 5.96. The SMILES string of the molecule is CC/C=C/C(=O)OC(C)C(=O)Nc1ccc(N2CCCCC2)cc1. The molecule has 1 atom stereocenters. The highest BCUT2D eigenvalue weighted by Crippen LogP contribution is 2.21. The Kier molecular flexibility index (Phi) is 6.85. The first-order valence-corrected chi connectivity index (χ1v) is 8.63. The molecule has 1 aromatic carbocycles. The van der Waals surface area contributed by atoms with Crippen LogP contribution in [0.1, 0.15) is 39.5 Å². The van der Waals surface area contributed by atoms with Gasteiger partial charge in [0.25, 0.3) is 5.91 Å². The average Bonchev–Trinajstić information content (AvgIpc) is 2.61. The van der Waals surface area contributed by atoms with E-state index in [0.717, 1.165) is 19.5 Å². The first-order valence-electron chi connectivity index (χ1n) is 8.63. The molecule has 1 heterocycles. The van der Waals surface area contributed by atoms with Crippen molar-refractivity contribution in [3.8, 4) is 0 Å². The van der Waals surface area contributed by atoms with Crippen molar-refractivity contribution < 1.29 is 14.3 Å². The van der Waals surface area contributed by atoms with Crippen LogP contribution in [-0.4, -0.2) is 31.1 Å². The Hall–Kier alpha value is -2.30. The zero-order valence-electron chi connectivity index (χ0n) is 14.5. The lowest BCUT2D eigenvalue weighted by molar-refractivity contribution is -0.148. The zero-order valence-corrected chi connectivity index (χ0v) is 14.5. The summed E-state index contributed by atoms with van der Waals surface area (Å²) in [6.07, 6.45) is 6.72. The molecule has 0 radical (unpaired) electrons. The molecule has 1 aromatic rings. The van der Waals surface area contributed by atoms with Crippen LogP contribution < -0.4 is 10.2 Å². The van der Waals surface area contributed by atoms with E-state index in [4.69, 9.17) is 4.74 Å². The summed E-state index contributed by atoms with van der Waals surface area (Å²) in [4.78, 5) is 25.9. The van der Waals surface area contributed by atoms with E-state index in [0.29, 0.717) is 5.69 Å². The molecule has 5 heteroatoms. The van der Waals surface area contributed by atoms with E-state index in [1.807, 2.05) is 31.2 Å². The fourth-order valence-corrected chi connectivity index (χ4v) is 2.63. The fourth-order valence-electron chi connectivity index (χ4n) is 2.63. The van der Waals surface area contributed by atoms with Crippen LogP contribution in [0.5, 0.6) is 0 Å². The predicted molar refractivity (Wildman–Crippen MR) is 96.1 cm³/mol. The number of carbonyl (C=O) groups is 2. The monoisotopic (exact) mass is 330 g/mol. The number of ether oxygens (including phenoxy) is 1. The van der Waals surface area contributed by atoms with E-state index in [1.165, 1.54) is 31.0 Å². The second-order valence-corrected chi connectivity index (χ2v) is 5.97. The number of carbonyl (C=O) groups excluding carboxylic acids is 2. The molecule has 130 valence electrons. The van der Waals surface area contributed by atoms with Gasteiger partial charge in [0.05, 0.1) is 0 Å². The Morgan fingerprint density at radius 1 is 1.21 bits per heavy atom. The first kappa shape index (κ1) is 18.0. The molecule has 24 heavy (non-hydrogen) atoms. The van der Waals surface area contributed by atoms with E-state index in [2.05, 4.69) is 10.2 Å². The normalized spacial score (nSPS) is 16.0. The number of nitrogens with zero attached hydrogens (tertiary/aromatic N) is 1. The van der Waals surface area contributed by atoms with Gasteiger partial charge in [0, 0.05) is 30.5 Å². The highest BCUT2D eigenvalue weighted by Gasteiger charge is 2.17. The molecule has 0 bridgehead atoms. The summed E-state index contributed by atoms with van der Waals surface area (Å²) in [5.41, 5.74) is 1.88. The Bertz CT molecular complexity index is 575. The van der Waals surface area contributed by atoms with Gasteiger partial charge >= 0.3 is 5.97 Å². The van der Waals surface area contributed by atoms with Crippen molar-refractivity contribution in [2.24, 2.45) is 0 Å². The van der Waals surface area contributed by atoms with Gasteiger partial charge in [-0.2, -0.15) is 0 Å². The number of rotatable bonds is 6. The van der Waals surface area contributed by atoms with Gasteiger partial charge in [-0.25, -0.2) is 4.79 Å². The topological polar surface area (TPSA) is 58.6 Å². The lowest BCUT2D eigenvalue weighted by Gasteiger charge is -2.28. The van der Waals surface area contributed by atoms with E-state index in [9.17, 15) is 9.59 Å². The summed E-state index contributed by atoms with van der Waals surface area (Å²) in [6.45, 7) is 5.66. The van der Waals surface area contributed by atoms with Crippen molar-refractivity contribution in [3.05, 3.63) is 36.4 Å². The van der Waals surface area contributed by atoms with Crippen LogP contribution in [0.25, 0.3) is 0 Å². The van der Waals surface area contributed by atoms with Crippen molar-refractivity contribution in [3.63, 3.8) is 0 Å². The van der Waals surface area contributed by atoms with Crippen LogP contribution in [0.4, 0.5) is 11.4 Å². The molecule has 1 aliphatic heterocycles. The van der Waals surface area contributed by atoms with Gasteiger partial charge in [-0.15, -0.1) is 0 Å². The van der Waals surface area contributed by atoms with Crippen molar-refractivity contribution in [2.75, 3.05) is 23.3 Å². The third-order valence-electron chi connectivity index (χ3n) is 4.01. The van der Waals surface area contributed by atoms with Crippen molar-refractivity contribution in [1.29, 1.82) is 0 Å². The molecule has 1 aliphatic rings. The summed E-state index contributed by atoms with van der Waals surface area (Å²) in [6, 6.07) is 7.80. The molecule has 1 saturated heterocycles. The third-order valence-corrected chi connectivity index (χ3v) is 4.01. The van der Waals surface area contributed by atoms with E-state index in [-0.39, 0.29) is 5.91 Å². The highest BCUT2D eigenvalue weighted by atomic mass is 16.5. The Labute approximate surface area is 143 Å². The lowest BCUT2D eigenvalue weighted by atomic mass is 10.1. The summed E-state index contributed by atoms with van der Waals surface area (Å²) in [5, 5.41) is 2.77. The van der Waals surface area contributed by atoms with Crippen molar-refractivity contribution >= 4 is 23.3 Å². The molecule has 0 aromatic heterocycles. The number of hydrogen-bond acceptors (Lipinski definition) is 4. The minimum atomic E-state index is -0.833. The lowest BCUT2D eigenvalue weighted by Crippen LogP contribution is -2.30. The molecule has 1 fully saturated rings. The van der Waals surface area contributed by atoms with Crippen LogP contribution >= 0.6 is 0 Å². The van der Waals surface area contributed by atoms with Crippen molar-refractivity contribution in [1.82, 2.24) is 0 Å². The minimum Gasteiger partial charge on any atom is -0.449 e. The number of benzene rings is 1. The predicted octanol–water partition coefficient (Wildman–Crippen LogP) is 3.51. The second-order valence-electron chi connectivity index (χ2n) is 5.97. The number of allylic oxidation sites excluding steroid dienone is 1. The maximum absolute atomic E-state index is 12.1. The summed E-state index contributed by atoms with van der Waals surface area (Å²) in [7, 11) is 0. The van der Waals surface area contributed by atoms with Crippen LogP contribution in [0.2, 0.25) is 0 Å². The largest absolute Gasteiger partial charge is 0.449 e. The van der Waals surface area contributed by atoms with Gasteiger partial charge in [0.15, 0.2) is 6.10 Å². The number of nitrogens with one attached hydrogen (secondary N) is 1. The molecule has 0 spiro atoms. The third kappa shape index (κ3) is 5.41. The van der Waals surface area contributed by atoms with Crippen LogP contribution in [-0.2, 0) is 14.3 Å². The van der Waals surface area contributed by atoms with E-state index >= 15 is 0 Å². The molecule has 1 unspecified atom stereocenters. The Morgan fingerprint density at radius 2 is 1.88 bits per heavy atom. The summed E-state index contributed by atoms with van der Waals surface area (Å²) in [5.74, 6) is -0.834. The second kappa shape index (κ2) is 9.11. The number of esters is 1. The quantitative estimate of drug-likeness (QED) is 0.640. The number of piperidine rings is 1. The zero-order chi connectivity index (χ0) is 17.4.